The Hall–Kier alpha value is -2.96. The van der Waals surface area contributed by atoms with Gasteiger partial charge in [-0.1, -0.05) is 6.07 Å². The predicted molar refractivity (Wildman–Crippen MR) is 112 cm³/mol. The van der Waals surface area contributed by atoms with Crippen LogP contribution in [0.4, 0.5) is 11.5 Å². The second-order valence-electron chi connectivity index (χ2n) is 7.89. The second-order valence-corrected chi connectivity index (χ2v) is 7.89. The van der Waals surface area contributed by atoms with Crippen molar-refractivity contribution in [3.63, 3.8) is 0 Å². The number of hydrogen-bond donors (Lipinski definition) is 1. The van der Waals surface area contributed by atoms with Crippen molar-refractivity contribution >= 4 is 23.3 Å². The first-order chi connectivity index (χ1) is 14.1. The van der Waals surface area contributed by atoms with E-state index in [-0.39, 0.29) is 17.7 Å². The van der Waals surface area contributed by atoms with Crippen molar-refractivity contribution in [2.24, 2.45) is 5.92 Å². The Morgan fingerprint density at radius 1 is 1.07 bits per heavy atom. The van der Waals surface area contributed by atoms with Crippen LogP contribution >= 0.6 is 0 Å². The number of nitrogens with one attached hydrogen (secondary N) is 1. The van der Waals surface area contributed by atoms with Crippen LogP contribution in [-0.2, 0) is 4.79 Å². The maximum absolute atomic E-state index is 13.0. The lowest BCUT2D eigenvalue weighted by Crippen LogP contribution is -2.44. The van der Waals surface area contributed by atoms with E-state index in [1.807, 2.05) is 25.1 Å². The fraction of sp³-hybridized carbons (Fsp3) is 0.455. The molecule has 1 atom stereocenters. The Morgan fingerprint density at radius 3 is 2.66 bits per heavy atom. The Balaban J connectivity index is 1.41. The molecular formula is C22H27N5O2. The summed E-state index contributed by atoms with van der Waals surface area (Å²) in [5.74, 6) is 0.122. The van der Waals surface area contributed by atoms with Gasteiger partial charge in [-0.2, -0.15) is 0 Å². The largest absolute Gasteiger partial charge is 0.371 e. The number of likely N-dealkylation sites (tertiary alicyclic amines) is 1. The van der Waals surface area contributed by atoms with Crippen LogP contribution in [0.1, 0.15) is 41.7 Å². The summed E-state index contributed by atoms with van der Waals surface area (Å²) >= 11 is 0. The molecule has 2 aliphatic rings. The van der Waals surface area contributed by atoms with Crippen molar-refractivity contribution in [3.05, 3.63) is 47.9 Å². The summed E-state index contributed by atoms with van der Waals surface area (Å²) < 4.78 is 0. The van der Waals surface area contributed by atoms with E-state index in [1.165, 1.54) is 12.8 Å². The van der Waals surface area contributed by atoms with Gasteiger partial charge >= 0.3 is 0 Å². The highest BCUT2D eigenvalue weighted by molar-refractivity contribution is 5.95. The van der Waals surface area contributed by atoms with Crippen LogP contribution in [-0.4, -0.2) is 52.9 Å². The third-order valence-corrected chi connectivity index (χ3v) is 5.68. The molecule has 0 aromatic carbocycles. The molecule has 0 bridgehead atoms. The number of aryl methyl sites for hydroxylation is 1. The third kappa shape index (κ3) is 4.55. The quantitative estimate of drug-likeness (QED) is 0.864. The van der Waals surface area contributed by atoms with Gasteiger partial charge in [-0.05, 0) is 56.4 Å². The molecule has 1 N–H and O–H groups in total. The first-order valence-corrected chi connectivity index (χ1v) is 10.3. The minimum atomic E-state index is -0.238. The number of amides is 2. The van der Waals surface area contributed by atoms with E-state index in [1.54, 1.807) is 23.4 Å². The van der Waals surface area contributed by atoms with Crippen LogP contribution in [0.25, 0.3) is 0 Å². The van der Waals surface area contributed by atoms with Gasteiger partial charge in [0, 0.05) is 44.3 Å². The molecular weight excluding hydrogens is 366 g/mol. The summed E-state index contributed by atoms with van der Waals surface area (Å²) in [6.07, 6.45) is 7.37. The first kappa shape index (κ1) is 19.4. The van der Waals surface area contributed by atoms with Crippen molar-refractivity contribution < 1.29 is 9.59 Å². The van der Waals surface area contributed by atoms with E-state index in [9.17, 15) is 9.59 Å². The molecule has 29 heavy (non-hydrogen) atoms. The minimum Gasteiger partial charge on any atom is -0.371 e. The zero-order chi connectivity index (χ0) is 20.2. The predicted octanol–water partition coefficient (Wildman–Crippen LogP) is 2.88. The van der Waals surface area contributed by atoms with Gasteiger partial charge < -0.3 is 15.1 Å². The zero-order valence-electron chi connectivity index (χ0n) is 16.8. The number of nitrogens with zero attached hydrogens (tertiary/aromatic N) is 4. The van der Waals surface area contributed by atoms with E-state index >= 15 is 0 Å². The van der Waals surface area contributed by atoms with Crippen LogP contribution in [0.15, 0.2) is 36.7 Å². The van der Waals surface area contributed by atoms with E-state index in [0.29, 0.717) is 24.6 Å². The van der Waals surface area contributed by atoms with Crippen molar-refractivity contribution in [1.82, 2.24) is 14.9 Å². The molecule has 2 saturated heterocycles. The Bertz CT molecular complexity index is 877. The van der Waals surface area contributed by atoms with E-state index < -0.39 is 0 Å². The number of carbonyl (C=O) groups excluding carboxylic acids is 2. The average Bonchev–Trinajstić information content (AvgIpc) is 3.30. The van der Waals surface area contributed by atoms with Gasteiger partial charge in [0.2, 0.25) is 5.91 Å². The maximum atomic E-state index is 13.0. The standard InChI is InChI=1S/C22H27N5O2/c1-16-6-7-20(24-14-16)25-21(28)17-5-4-12-27(15-17)22(29)19-13-18(8-9-23-19)26-10-2-3-11-26/h6-9,13-14,17H,2-5,10-12,15H2,1H3,(H,24,25,28). The van der Waals surface area contributed by atoms with Crippen LogP contribution in [0.2, 0.25) is 0 Å². The van der Waals surface area contributed by atoms with Crippen molar-refractivity contribution in [3.8, 4) is 0 Å². The summed E-state index contributed by atoms with van der Waals surface area (Å²) in [7, 11) is 0. The smallest absolute Gasteiger partial charge is 0.272 e. The number of anilines is 2. The van der Waals surface area contributed by atoms with Crippen LogP contribution in [0.5, 0.6) is 0 Å². The van der Waals surface area contributed by atoms with Gasteiger partial charge in [0.05, 0.1) is 5.92 Å². The third-order valence-electron chi connectivity index (χ3n) is 5.68. The highest BCUT2D eigenvalue weighted by atomic mass is 16.2. The molecule has 4 rings (SSSR count). The molecule has 2 fully saturated rings. The molecule has 2 aliphatic heterocycles. The first-order valence-electron chi connectivity index (χ1n) is 10.3. The normalized spacial score (nSPS) is 19.3. The number of rotatable bonds is 4. The van der Waals surface area contributed by atoms with Crippen molar-refractivity contribution in [2.75, 3.05) is 36.4 Å². The fourth-order valence-electron chi connectivity index (χ4n) is 4.02. The van der Waals surface area contributed by atoms with E-state index in [4.69, 9.17) is 0 Å². The highest BCUT2D eigenvalue weighted by Crippen LogP contribution is 2.23. The van der Waals surface area contributed by atoms with Gasteiger partial charge in [-0.25, -0.2) is 4.98 Å². The Kier molecular flexibility index (Phi) is 5.74. The molecule has 2 aromatic rings. The summed E-state index contributed by atoms with van der Waals surface area (Å²) in [5, 5.41) is 2.87. The summed E-state index contributed by atoms with van der Waals surface area (Å²) in [4.78, 5) is 38.3. The molecule has 2 amide bonds. The second kappa shape index (κ2) is 8.59. The van der Waals surface area contributed by atoms with Gasteiger partial charge in [-0.15, -0.1) is 0 Å². The number of aromatic nitrogens is 2. The van der Waals surface area contributed by atoms with Gasteiger partial charge in [0.15, 0.2) is 0 Å². The number of piperidine rings is 1. The molecule has 0 radical (unpaired) electrons. The Morgan fingerprint density at radius 2 is 1.90 bits per heavy atom. The lowest BCUT2D eigenvalue weighted by atomic mass is 9.96. The van der Waals surface area contributed by atoms with Crippen molar-refractivity contribution in [2.45, 2.75) is 32.6 Å². The highest BCUT2D eigenvalue weighted by Gasteiger charge is 2.30. The van der Waals surface area contributed by atoms with Crippen LogP contribution in [0.3, 0.4) is 0 Å². The molecule has 7 nitrogen and oxygen atoms in total. The molecule has 7 heteroatoms. The number of pyridine rings is 2. The van der Waals surface area contributed by atoms with Crippen LogP contribution < -0.4 is 10.2 Å². The fourth-order valence-corrected chi connectivity index (χ4v) is 4.02. The van der Waals surface area contributed by atoms with Crippen molar-refractivity contribution in [1.29, 1.82) is 0 Å². The molecule has 2 aromatic heterocycles. The van der Waals surface area contributed by atoms with Gasteiger partial charge in [-0.3, -0.25) is 14.6 Å². The summed E-state index contributed by atoms with van der Waals surface area (Å²) in [6, 6.07) is 7.56. The SMILES string of the molecule is Cc1ccc(NC(=O)C2CCCN(C(=O)c3cc(N4CCCC4)ccn3)C2)nc1. The van der Waals surface area contributed by atoms with Gasteiger partial charge in [0.1, 0.15) is 11.5 Å². The van der Waals surface area contributed by atoms with E-state index in [2.05, 4.69) is 20.2 Å². The van der Waals surface area contributed by atoms with E-state index in [0.717, 1.165) is 37.2 Å². The Labute approximate surface area is 171 Å². The molecule has 152 valence electrons. The minimum absolute atomic E-state index is 0.0855. The molecule has 1 unspecified atom stereocenters. The maximum Gasteiger partial charge on any atom is 0.272 e. The number of hydrogen-bond acceptors (Lipinski definition) is 5. The molecule has 0 spiro atoms. The summed E-state index contributed by atoms with van der Waals surface area (Å²) in [5.41, 5.74) is 2.55. The summed E-state index contributed by atoms with van der Waals surface area (Å²) in [6.45, 7) is 5.07. The van der Waals surface area contributed by atoms with Gasteiger partial charge in [0.25, 0.3) is 5.91 Å². The van der Waals surface area contributed by atoms with Crippen LogP contribution in [0, 0.1) is 12.8 Å². The zero-order valence-corrected chi connectivity index (χ0v) is 16.8. The lowest BCUT2D eigenvalue weighted by Gasteiger charge is -2.32. The molecule has 4 heterocycles. The monoisotopic (exact) mass is 393 g/mol. The molecule has 0 aliphatic carbocycles. The number of carbonyl (C=O) groups is 2. The average molecular weight is 393 g/mol. The lowest BCUT2D eigenvalue weighted by molar-refractivity contribution is -0.121. The topological polar surface area (TPSA) is 78.4 Å². The molecule has 0 saturated carbocycles.